The molecule has 0 aliphatic carbocycles. The van der Waals surface area contributed by atoms with Gasteiger partial charge in [-0.05, 0) is 51.4 Å². The van der Waals surface area contributed by atoms with Gasteiger partial charge in [0.1, 0.15) is 31.0 Å². The van der Waals surface area contributed by atoms with Crippen LogP contribution < -0.4 is 0 Å². The number of hydrogen-bond acceptors (Lipinski definition) is 10. The molecule has 0 bridgehead atoms. The van der Waals surface area contributed by atoms with Crippen molar-refractivity contribution in [2.75, 3.05) is 19.8 Å². The summed E-state index contributed by atoms with van der Waals surface area (Å²) in [6, 6.07) is 0. The van der Waals surface area contributed by atoms with E-state index in [-0.39, 0.29) is 26.1 Å². The molecule has 10 heteroatoms. The lowest BCUT2D eigenvalue weighted by Gasteiger charge is -2.39. The largest absolute Gasteiger partial charge is 0.462 e. The van der Waals surface area contributed by atoms with Crippen molar-refractivity contribution in [3.8, 4) is 0 Å². The van der Waals surface area contributed by atoms with Gasteiger partial charge in [0, 0.05) is 12.8 Å². The van der Waals surface area contributed by atoms with Crippen LogP contribution in [0.4, 0.5) is 0 Å². The Labute approximate surface area is 402 Å². The number of hydrogen-bond donors (Lipinski definition) is 4. The minimum Gasteiger partial charge on any atom is -0.462 e. The quantitative estimate of drug-likeness (QED) is 0.0264. The van der Waals surface area contributed by atoms with Gasteiger partial charge in [0.25, 0.3) is 0 Å². The Morgan fingerprint density at radius 3 is 1.32 bits per heavy atom. The smallest absolute Gasteiger partial charge is 0.306 e. The van der Waals surface area contributed by atoms with Crippen LogP contribution in [-0.4, -0.2) is 89.0 Å². The summed E-state index contributed by atoms with van der Waals surface area (Å²) in [4.78, 5) is 25.4. The standard InChI is InChI=1S/C56H96O10/c1-3-5-7-9-11-13-15-17-19-21-23-24-25-27-28-30-32-34-36-38-40-42-44-51(58)63-47-49(48-64-56-55(62)54(61)53(60)50(46-57)66-56)65-52(59)45-43-41-39-37-35-33-31-29-26-22-20-18-16-14-12-10-8-6-4-2/h6,8,12,14,18,20,26,29,33,35,39,41,49-50,53-57,60-62H,3-5,7,9-11,13,15-17,19,21-25,27-28,30-32,34,36-38,40,42-48H2,1-2H3/b8-6-,14-12-,20-18-,29-26-,35-33-,41-39-. The fraction of sp³-hybridized carbons (Fsp3) is 0.750. The number of aliphatic hydroxyl groups excluding tert-OH is 4. The molecule has 1 heterocycles. The molecule has 0 saturated carbocycles. The zero-order valence-corrected chi connectivity index (χ0v) is 41.7. The normalized spacial score (nSPS) is 19.8. The molecule has 0 spiro atoms. The highest BCUT2D eigenvalue weighted by Crippen LogP contribution is 2.23. The number of rotatable bonds is 44. The maximum atomic E-state index is 12.8. The zero-order chi connectivity index (χ0) is 48.0. The van der Waals surface area contributed by atoms with Crippen molar-refractivity contribution in [1.29, 1.82) is 0 Å². The molecule has 0 aromatic carbocycles. The number of esters is 2. The van der Waals surface area contributed by atoms with E-state index in [1.807, 2.05) is 12.2 Å². The average molecular weight is 929 g/mol. The van der Waals surface area contributed by atoms with Gasteiger partial charge in [-0.3, -0.25) is 9.59 Å². The Hall–Kier alpha value is -2.86. The number of aliphatic hydroxyl groups is 4. The van der Waals surface area contributed by atoms with Crippen molar-refractivity contribution >= 4 is 11.9 Å². The van der Waals surface area contributed by atoms with E-state index < -0.39 is 55.4 Å². The summed E-state index contributed by atoms with van der Waals surface area (Å²) >= 11 is 0. The maximum absolute atomic E-state index is 12.8. The van der Waals surface area contributed by atoms with Gasteiger partial charge in [0.05, 0.1) is 13.2 Å². The molecule has 1 saturated heterocycles. The lowest BCUT2D eigenvalue weighted by molar-refractivity contribution is -0.305. The minimum absolute atomic E-state index is 0.103. The second-order valence-electron chi connectivity index (χ2n) is 18.0. The predicted octanol–water partition coefficient (Wildman–Crippen LogP) is 12.7. The van der Waals surface area contributed by atoms with Gasteiger partial charge in [0.2, 0.25) is 0 Å². The third kappa shape index (κ3) is 36.2. The molecule has 380 valence electrons. The van der Waals surface area contributed by atoms with Crippen molar-refractivity contribution in [3.63, 3.8) is 0 Å². The zero-order valence-electron chi connectivity index (χ0n) is 41.7. The number of ether oxygens (including phenoxy) is 4. The van der Waals surface area contributed by atoms with Gasteiger partial charge in [-0.15, -0.1) is 0 Å². The van der Waals surface area contributed by atoms with Crippen LogP contribution in [-0.2, 0) is 28.5 Å². The Morgan fingerprint density at radius 2 is 0.894 bits per heavy atom. The van der Waals surface area contributed by atoms with Crippen LogP contribution >= 0.6 is 0 Å². The molecule has 4 N–H and O–H groups in total. The third-order valence-corrected chi connectivity index (χ3v) is 11.9. The summed E-state index contributed by atoms with van der Waals surface area (Å²) in [6.45, 7) is 3.26. The van der Waals surface area contributed by atoms with Crippen LogP contribution in [0, 0.1) is 0 Å². The molecule has 0 aromatic rings. The van der Waals surface area contributed by atoms with Crippen molar-refractivity contribution in [2.45, 2.75) is 250 Å². The fourth-order valence-corrected chi connectivity index (χ4v) is 7.75. The van der Waals surface area contributed by atoms with Gasteiger partial charge in [-0.2, -0.15) is 0 Å². The van der Waals surface area contributed by atoms with Crippen LogP contribution in [0.15, 0.2) is 72.9 Å². The van der Waals surface area contributed by atoms with Gasteiger partial charge in [-0.25, -0.2) is 0 Å². The summed E-state index contributed by atoms with van der Waals surface area (Å²) in [5.74, 6) is -0.900. The Morgan fingerprint density at radius 1 is 0.485 bits per heavy atom. The van der Waals surface area contributed by atoms with E-state index in [1.54, 1.807) is 0 Å². The van der Waals surface area contributed by atoms with E-state index >= 15 is 0 Å². The first-order valence-corrected chi connectivity index (χ1v) is 26.5. The average Bonchev–Trinajstić information content (AvgIpc) is 3.32. The summed E-state index contributed by atoms with van der Waals surface area (Å²) in [5, 5.41) is 40.2. The SMILES string of the molecule is CC/C=C\C/C=C\C/C=C\C/C=C\C/C=C\C/C=C\CCC(=O)OC(COC(=O)CCCCCCCCCCCCCCCCCCCCCCCC)COC1OC(CO)C(O)C(O)C1O. The van der Waals surface area contributed by atoms with Gasteiger partial charge in [-0.1, -0.05) is 222 Å². The summed E-state index contributed by atoms with van der Waals surface area (Å²) in [6.07, 6.45) is 52.2. The second kappa shape index (κ2) is 45.9. The van der Waals surface area contributed by atoms with Gasteiger partial charge in [0.15, 0.2) is 12.4 Å². The lowest BCUT2D eigenvalue weighted by Crippen LogP contribution is -2.59. The molecule has 0 radical (unpaired) electrons. The maximum Gasteiger partial charge on any atom is 0.306 e. The molecule has 0 aromatic heterocycles. The Balaban J connectivity index is 2.28. The Bertz CT molecular complexity index is 1300. The molecule has 0 amide bonds. The van der Waals surface area contributed by atoms with E-state index in [2.05, 4.69) is 74.6 Å². The monoisotopic (exact) mass is 929 g/mol. The fourth-order valence-electron chi connectivity index (χ4n) is 7.75. The summed E-state index contributed by atoms with van der Waals surface area (Å²) < 4.78 is 22.2. The third-order valence-electron chi connectivity index (χ3n) is 11.9. The van der Waals surface area contributed by atoms with Crippen molar-refractivity contribution < 1.29 is 49.0 Å². The molecule has 1 aliphatic heterocycles. The molecule has 6 atom stereocenters. The van der Waals surface area contributed by atoms with E-state index in [0.29, 0.717) is 6.42 Å². The number of carbonyl (C=O) groups excluding carboxylic acids is 2. The second-order valence-corrected chi connectivity index (χ2v) is 18.0. The van der Waals surface area contributed by atoms with Crippen LogP contribution in [0.2, 0.25) is 0 Å². The molecule has 6 unspecified atom stereocenters. The van der Waals surface area contributed by atoms with E-state index in [0.717, 1.165) is 57.8 Å². The molecule has 1 fully saturated rings. The minimum atomic E-state index is -1.61. The highest BCUT2D eigenvalue weighted by Gasteiger charge is 2.44. The van der Waals surface area contributed by atoms with Crippen LogP contribution in [0.3, 0.4) is 0 Å². The number of allylic oxidation sites excluding steroid dienone is 12. The van der Waals surface area contributed by atoms with Gasteiger partial charge < -0.3 is 39.4 Å². The predicted molar refractivity (Wildman–Crippen MR) is 270 cm³/mol. The molecular weight excluding hydrogens is 833 g/mol. The van der Waals surface area contributed by atoms with Crippen molar-refractivity contribution in [3.05, 3.63) is 72.9 Å². The van der Waals surface area contributed by atoms with E-state index in [4.69, 9.17) is 18.9 Å². The first-order chi connectivity index (χ1) is 32.3. The van der Waals surface area contributed by atoms with E-state index in [9.17, 15) is 30.0 Å². The molecular formula is C56H96O10. The van der Waals surface area contributed by atoms with Crippen LogP contribution in [0.25, 0.3) is 0 Å². The topological polar surface area (TPSA) is 152 Å². The highest BCUT2D eigenvalue weighted by atomic mass is 16.7. The highest BCUT2D eigenvalue weighted by molar-refractivity contribution is 5.70. The first kappa shape index (κ1) is 61.2. The first-order valence-electron chi connectivity index (χ1n) is 26.5. The number of carbonyl (C=O) groups is 2. The molecule has 1 rings (SSSR count). The van der Waals surface area contributed by atoms with E-state index in [1.165, 1.54) is 122 Å². The van der Waals surface area contributed by atoms with Gasteiger partial charge >= 0.3 is 11.9 Å². The number of unbranched alkanes of at least 4 members (excludes halogenated alkanes) is 21. The summed E-state index contributed by atoms with van der Waals surface area (Å²) in [5.41, 5.74) is 0. The van der Waals surface area contributed by atoms with Crippen LogP contribution in [0.1, 0.15) is 213 Å². The molecule has 66 heavy (non-hydrogen) atoms. The summed E-state index contributed by atoms with van der Waals surface area (Å²) in [7, 11) is 0. The Kier molecular flexibility index (Phi) is 42.5. The van der Waals surface area contributed by atoms with Crippen LogP contribution in [0.5, 0.6) is 0 Å². The van der Waals surface area contributed by atoms with Crippen molar-refractivity contribution in [2.24, 2.45) is 0 Å². The molecule has 1 aliphatic rings. The van der Waals surface area contributed by atoms with Crippen molar-refractivity contribution in [1.82, 2.24) is 0 Å². The molecule has 10 nitrogen and oxygen atoms in total. The lowest BCUT2D eigenvalue weighted by atomic mass is 9.99.